The van der Waals surface area contributed by atoms with Gasteiger partial charge >= 0.3 is 0 Å². The molecule has 0 radical (unpaired) electrons. The number of phenols is 2. The Balaban J connectivity index is 2.43. The van der Waals surface area contributed by atoms with Crippen molar-refractivity contribution in [3.05, 3.63) is 128 Å². The van der Waals surface area contributed by atoms with Gasteiger partial charge in [0.1, 0.15) is 0 Å². The summed E-state index contributed by atoms with van der Waals surface area (Å²) in [5, 5.41) is 21.8. The molecule has 0 saturated heterocycles. The molecule has 64 heavy (non-hydrogen) atoms. The van der Waals surface area contributed by atoms with Crippen LogP contribution in [0.4, 0.5) is 0 Å². The highest BCUT2D eigenvalue weighted by Gasteiger charge is 2.23. The molecule has 4 nitrogen and oxygen atoms in total. The second-order valence-electron chi connectivity index (χ2n) is 18.7. The van der Waals surface area contributed by atoms with Gasteiger partial charge in [-0.15, -0.1) is 0 Å². The summed E-state index contributed by atoms with van der Waals surface area (Å²) < 4.78 is 48.1. The lowest BCUT2D eigenvalue weighted by Crippen LogP contribution is -2.01. The van der Waals surface area contributed by atoms with Crippen molar-refractivity contribution in [2.24, 2.45) is 0 Å². The summed E-state index contributed by atoms with van der Waals surface area (Å²) in [7, 11) is -2.94. The molecule has 358 valence electrons. The lowest BCUT2D eigenvalue weighted by atomic mass is 9.99. The van der Waals surface area contributed by atoms with Crippen molar-refractivity contribution >= 4 is 0 Å². The summed E-state index contributed by atoms with van der Waals surface area (Å²) >= 11 is 0. The molecule has 0 spiro atoms. The van der Waals surface area contributed by atoms with E-state index in [0.29, 0.717) is 5.56 Å². The van der Waals surface area contributed by atoms with Crippen LogP contribution in [0.1, 0.15) is 217 Å². The van der Waals surface area contributed by atoms with Gasteiger partial charge in [-0.05, 0) is 212 Å². The van der Waals surface area contributed by atoms with E-state index in [2.05, 4.69) is 124 Å². The summed E-state index contributed by atoms with van der Waals surface area (Å²) in [5.41, 5.74) is 14.8. The van der Waals surface area contributed by atoms with Crippen LogP contribution < -0.4 is 9.47 Å². The number of hydrogen-bond acceptors (Lipinski definition) is 4. The van der Waals surface area contributed by atoms with E-state index >= 15 is 0 Å². The zero-order valence-electron chi connectivity index (χ0n) is 47.9. The Kier molecular flexibility index (Phi) is 26.3. The van der Waals surface area contributed by atoms with E-state index < -0.39 is 36.6 Å². The van der Waals surface area contributed by atoms with Crippen molar-refractivity contribution in [3.63, 3.8) is 0 Å². The molecule has 0 heterocycles. The molecule has 0 aromatic heterocycles. The fraction of sp³-hybridized carbons (Fsp3) is 0.567. The SMILES string of the molecule is [2H]C([2H])([2H])Oc1c(O)c(C)c(C/C=C(\C)CC/C=C(/C)CC/C=C(/C)CC/C=C(/C)CC/C=C(/C)CC/C=C(/C)CC/C=C(/C)CC/C=C(/C)CC/C=C(\C)CCC=C(C)C)c(O)c1OC([2H])([2H])C. The van der Waals surface area contributed by atoms with Crippen LogP contribution >= 0.6 is 0 Å². The number of methoxy groups -OCH3 is 1. The summed E-state index contributed by atoms with van der Waals surface area (Å²) in [6.45, 7) is 24.8. The molecule has 0 aliphatic heterocycles. The molecule has 4 heteroatoms. The van der Waals surface area contributed by atoms with Crippen molar-refractivity contribution < 1.29 is 26.5 Å². The topological polar surface area (TPSA) is 58.9 Å². The van der Waals surface area contributed by atoms with Gasteiger partial charge in [0.05, 0.1) is 20.5 Å². The Hall–Kier alpha value is -4.18. The maximum atomic E-state index is 11.0. The van der Waals surface area contributed by atoms with Crippen LogP contribution in [0.25, 0.3) is 0 Å². The lowest BCUT2D eigenvalue weighted by Gasteiger charge is -2.18. The van der Waals surface area contributed by atoms with Gasteiger partial charge in [-0.25, -0.2) is 0 Å². The predicted octanol–water partition coefficient (Wildman–Crippen LogP) is 18.9. The van der Waals surface area contributed by atoms with Gasteiger partial charge < -0.3 is 19.7 Å². The van der Waals surface area contributed by atoms with Crippen LogP contribution in [-0.2, 0) is 6.42 Å². The second-order valence-corrected chi connectivity index (χ2v) is 18.7. The van der Waals surface area contributed by atoms with Crippen molar-refractivity contribution in [2.45, 2.75) is 212 Å². The zero-order chi connectivity index (χ0) is 52.2. The molecule has 0 aliphatic rings. The van der Waals surface area contributed by atoms with Gasteiger partial charge in [0.25, 0.3) is 0 Å². The normalized spacial score (nSPS) is 15.7. The van der Waals surface area contributed by atoms with Crippen molar-refractivity contribution in [1.82, 2.24) is 0 Å². The Morgan fingerprint density at radius 2 is 0.719 bits per heavy atom. The van der Waals surface area contributed by atoms with Gasteiger partial charge in [-0.2, -0.15) is 0 Å². The van der Waals surface area contributed by atoms with Gasteiger partial charge in [-0.3, -0.25) is 0 Å². The summed E-state index contributed by atoms with van der Waals surface area (Å²) in [6, 6.07) is 0. The Morgan fingerprint density at radius 3 is 0.984 bits per heavy atom. The van der Waals surface area contributed by atoms with E-state index in [-0.39, 0.29) is 12.0 Å². The molecule has 0 aliphatic carbocycles. The largest absolute Gasteiger partial charge is 0.504 e. The first-order valence-corrected chi connectivity index (χ1v) is 24.3. The minimum Gasteiger partial charge on any atom is -0.504 e. The fourth-order valence-electron chi connectivity index (χ4n) is 7.54. The highest BCUT2D eigenvalue weighted by molar-refractivity contribution is 5.66. The van der Waals surface area contributed by atoms with Crippen molar-refractivity contribution in [2.75, 3.05) is 13.6 Å². The summed E-state index contributed by atoms with van der Waals surface area (Å²) in [6.07, 6.45) is 43.2. The molecule has 1 rings (SSSR count). The molecule has 0 atom stereocenters. The average Bonchev–Trinajstić information content (AvgIpc) is 3.23. The molecule has 0 amide bonds. The second kappa shape index (κ2) is 34.2. The zero-order valence-corrected chi connectivity index (χ0v) is 42.9. The van der Waals surface area contributed by atoms with E-state index in [4.69, 9.17) is 16.3 Å². The van der Waals surface area contributed by atoms with Crippen molar-refractivity contribution in [1.29, 1.82) is 0 Å². The van der Waals surface area contributed by atoms with Crippen LogP contribution in [0.5, 0.6) is 23.0 Å². The molecular weight excluding hydrogens is 785 g/mol. The average molecular weight is 884 g/mol. The number of ether oxygens (including phenoxy) is 2. The van der Waals surface area contributed by atoms with Crippen molar-refractivity contribution in [3.8, 4) is 23.0 Å². The molecular formula is C60H94O4. The Bertz CT molecular complexity index is 2050. The molecule has 0 saturated carbocycles. The summed E-state index contributed by atoms with van der Waals surface area (Å²) in [5.74, 6) is -2.12. The van der Waals surface area contributed by atoms with E-state index in [1.54, 1.807) is 6.92 Å². The highest BCUT2D eigenvalue weighted by atomic mass is 16.5. The predicted molar refractivity (Wildman–Crippen MR) is 282 cm³/mol. The Labute approximate surface area is 401 Å². The molecule has 1 aromatic carbocycles. The first-order chi connectivity index (χ1) is 32.3. The minimum atomic E-state index is -2.94. The lowest BCUT2D eigenvalue weighted by molar-refractivity contribution is 0.282. The number of rotatable bonds is 32. The third kappa shape index (κ3) is 26.6. The van der Waals surface area contributed by atoms with E-state index in [1.165, 1.54) is 56.6 Å². The van der Waals surface area contributed by atoms with Crippen LogP contribution in [0.2, 0.25) is 0 Å². The minimum absolute atomic E-state index is 0.235. The quantitative estimate of drug-likeness (QED) is 0.0559. The van der Waals surface area contributed by atoms with E-state index in [1.807, 2.05) is 13.0 Å². The number of benzene rings is 1. The van der Waals surface area contributed by atoms with Crippen LogP contribution in [0.3, 0.4) is 0 Å². The number of aromatic hydroxyl groups is 2. The first kappa shape index (κ1) is 49.3. The maximum absolute atomic E-state index is 11.0. The first-order valence-electron chi connectivity index (χ1n) is 26.8. The third-order valence-electron chi connectivity index (χ3n) is 12.0. The van der Waals surface area contributed by atoms with Gasteiger partial charge in [0, 0.05) is 11.1 Å². The molecule has 2 N–H and O–H groups in total. The molecule has 0 fully saturated rings. The van der Waals surface area contributed by atoms with Crippen LogP contribution in [0.15, 0.2) is 116 Å². The highest BCUT2D eigenvalue weighted by Crippen LogP contribution is 2.48. The van der Waals surface area contributed by atoms with Gasteiger partial charge in [0.2, 0.25) is 11.5 Å². The number of hydrogen-bond donors (Lipinski definition) is 2. The number of phenolic OH excluding ortho intramolecular Hbond substituents is 2. The summed E-state index contributed by atoms with van der Waals surface area (Å²) in [4.78, 5) is 0. The maximum Gasteiger partial charge on any atom is 0.207 e. The fourth-order valence-corrected chi connectivity index (χ4v) is 7.54. The van der Waals surface area contributed by atoms with E-state index in [9.17, 15) is 10.2 Å². The van der Waals surface area contributed by atoms with Crippen LogP contribution in [-0.4, -0.2) is 23.8 Å². The third-order valence-corrected chi connectivity index (χ3v) is 12.0. The van der Waals surface area contributed by atoms with E-state index in [0.717, 1.165) is 122 Å². The molecule has 0 bridgehead atoms. The van der Waals surface area contributed by atoms with Gasteiger partial charge in [0.15, 0.2) is 11.5 Å². The molecule has 0 unspecified atom stereocenters. The molecule has 1 aromatic rings. The van der Waals surface area contributed by atoms with Gasteiger partial charge in [-0.1, -0.05) is 116 Å². The number of allylic oxidation sites excluding steroid dienone is 20. The standard InChI is InChI=1S/C60H94O4/c1-15-64-60-58(62)56(55(13)57(61)59(60)63-14)44-43-54(12)42-24-41-53(11)40-23-39-52(10)38-22-37-51(9)36-21-35-50(8)34-20-33-49(7)32-19-31-48(6)30-18-29-47(5)28-17-27-46(4)26-16-25-45(2)3/h25,27,29,31,33,35,37,39,41,43,61-62H,15-24,26,28,30,32,34,36,38,40,42,44H2,1-14H3/b46-27+,47-29-,48-31-,49-33-,50-35-,51-37-,52-39-,53-41-,54-43+/i14D3,15D2. The Morgan fingerprint density at radius 1 is 0.438 bits per heavy atom. The van der Waals surface area contributed by atoms with Crippen LogP contribution in [0, 0.1) is 6.92 Å². The smallest absolute Gasteiger partial charge is 0.207 e. The monoisotopic (exact) mass is 884 g/mol.